The van der Waals surface area contributed by atoms with Gasteiger partial charge in [-0.3, -0.25) is 0 Å². The van der Waals surface area contributed by atoms with Gasteiger partial charge in [-0.25, -0.2) is 14.8 Å². The first kappa shape index (κ1) is 15.3. The number of nitrogens with zero attached hydrogens (tertiary/aromatic N) is 2. The van der Waals surface area contributed by atoms with Crippen LogP contribution in [0.25, 0.3) is 0 Å². The average Bonchev–Trinajstić information content (AvgIpc) is 2.47. The molecule has 1 aromatic heterocycles. The molecule has 2 aromatic rings. The van der Waals surface area contributed by atoms with Gasteiger partial charge in [-0.15, -0.1) is 0 Å². The number of aromatic carboxylic acids is 1. The van der Waals surface area contributed by atoms with Gasteiger partial charge in [0.1, 0.15) is 11.4 Å². The molecular weight excluding hydrogens is 286 g/mol. The van der Waals surface area contributed by atoms with Crippen molar-refractivity contribution in [2.45, 2.75) is 24.8 Å². The molecular formula is C15H17N3O2S. The summed E-state index contributed by atoms with van der Waals surface area (Å²) in [5, 5.41) is 12.6. The van der Waals surface area contributed by atoms with E-state index in [4.69, 9.17) is 5.11 Å². The number of aryl methyl sites for hydroxylation is 1. The number of thioether (sulfide) groups is 1. The molecule has 0 fully saturated rings. The maximum absolute atomic E-state index is 11.1. The lowest BCUT2D eigenvalue weighted by Crippen LogP contribution is -2.09. The average molecular weight is 303 g/mol. The van der Waals surface area contributed by atoms with Crippen molar-refractivity contribution in [2.24, 2.45) is 0 Å². The van der Waals surface area contributed by atoms with E-state index in [1.165, 1.54) is 29.1 Å². The summed E-state index contributed by atoms with van der Waals surface area (Å²) >= 11 is 1.48. The summed E-state index contributed by atoms with van der Waals surface area (Å²) in [4.78, 5) is 19.5. The third-order valence-corrected chi connectivity index (χ3v) is 3.76. The van der Waals surface area contributed by atoms with Crippen LogP contribution in [0, 0.1) is 6.92 Å². The molecule has 6 heteroatoms. The van der Waals surface area contributed by atoms with Gasteiger partial charge in [0.15, 0.2) is 5.16 Å². The number of benzene rings is 1. The second-order valence-corrected chi connectivity index (χ2v) is 5.47. The molecule has 0 bridgehead atoms. The van der Waals surface area contributed by atoms with Crippen LogP contribution in [0.4, 0.5) is 5.82 Å². The monoisotopic (exact) mass is 303 g/mol. The highest BCUT2D eigenvalue weighted by molar-refractivity contribution is 7.98. The van der Waals surface area contributed by atoms with E-state index in [9.17, 15) is 4.79 Å². The lowest BCUT2D eigenvalue weighted by molar-refractivity contribution is 0.0697. The Morgan fingerprint density at radius 1 is 1.33 bits per heavy atom. The number of carboxylic acids is 1. The van der Waals surface area contributed by atoms with Crippen LogP contribution in [-0.4, -0.2) is 27.6 Å². The number of hydrogen-bond acceptors (Lipinski definition) is 5. The highest BCUT2D eigenvalue weighted by atomic mass is 32.2. The largest absolute Gasteiger partial charge is 0.477 e. The summed E-state index contributed by atoms with van der Waals surface area (Å²) in [5.41, 5.74) is 2.50. The van der Waals surface area contributed by atoms with Gasteiger partial charge in [-0.1, -0.05) is 41.6 Å². The number of anilines is 1. The van der Waals surface area contributed by atoms with Crippen molar-refractivity contribution < 1.29 is 9.90 Å². The van der Waals surface area contributed by atoms with E-state index in [0.29, 0.717) is 17.5 Å². The van der Waals surface area contributed by atoms with Crippen molar-refractivity contribution in [3.8, 4) is 0 Å². The number of aromatic nitrogens is 2. The fraction of sp³-hybridized carbons (Fsp3) is 0.267. The molecule has 2 N–H and O–H groups in total. The Morgan fingerprint density at radius 2 is 2.05 bits per heavy atom. The summed E-state index contributed by atoms with van der Waals surface area (Å²) in [6.45, 7) is 4.56. The van der Waals surface area contributed by atoms with E-state index >= 15 is 0 Å². The van der Waals surface area contributed by atoms with Gasteiger partial charge >= 0.3 is 5.97 Å². The van der Waals surface area contributed by atoms with Crippen LogP contribution in [-0.2, 0) is 5.75 Å². The predicted octanol–water partition coefficient (Wildman–Crippen LogP) is 3.21. The number of carbonyl (C=O) groups is 1. The summed E-state index contributed by atoms with van der Waals surface area (Å²) in [6.07, 6.45) is 1.35. The minimum absolute atomic E-state index is 0.0940. The summed E-state index contributed by atoms with van der Waals surface area (Å²) in [6, 6.07) is 8.26. The minimum Gasteiger partial charge on any atom is -0.477 e. The van der Waals surface area contributed by atoms with E-state index in [0.717, 1.165) is 5.75 Å². The number of carboxylic acid groups (broad SMARTS) is 1. The first-order valence-electron chi connectivity index (χ1n) is 6.62. The van der Waals surface area contributed by atoms with Gasteiger partial charge in [-0.2, -0.15) is 0 Å². The third kappa shape index (κ3) is 4.19. The van der Waals surface area contributed by atoms with Crippen molar-refractivity contribution in [2.75, 3.05) is 11.9 Å². The lowest BCUT2D eigenvalue weighted by atomic mass is 10.2. The van der Waals surface area contributed by atoms with Gasteiger partial charge in [0, 0.05) is 18.5 Å². The van der Waals surface area contributed by atoms with Crippen LogP contribution in [0.3, 0.4) is 0 Å². The van der Waals surface area contributed by atoms with Crippen LogP contribution >= 0.6 is 11.8 Å². The molecule has 110 valence electrons. The molecule has 0 saturated heterocycles. The molecule has 0 spiro atoms. The Bertz CT molecular complexity index is 629. The molecule has 21 heavy (non-hydrogen) atoms. The topological polar surface area (TPSA) is 75.1 Å². The second-order valence-electron chi connectivity index (χ2n) is 4.52. The van der Waals surface area contributed by atoms with Crippen molar-refractivity contribution in [3.63, 3.8) is 0 Å². The maximum Gasteiger partial charge on any atom is 0.341 e. The predicted molar refractivity (Wildman–Crippen MR) is 83.9 cm³/mol. The quantitative estimate of drug-likeness (QED) is 0.630. The van der Waals surface area contributed by atoms with E-state index in [2.05, 4.69) is 39.6 Å². The zero-order valence-electron chi connectivity index (χ0n) is 12.0. The van der Waals surface area contributed by atoms with Crippen LogP contribution in [0.15, 0.2) is 35.6 Å². The molecule has 0 saturated carbocycles. The van der Waals surface area contributed by atoms with Gasteiger partial charge in [0.05, 0.1) is 0 Å². The molecule has 0 aliphatic carbocycles. The first-order chi connectivity index (χ1) is 10.1. The Kier molecular flexibility index (Phi) is 5.16. The molecule has 0 aliphatic rings. The minimum atomic E-state index is -1.03. The van der Waals surface area contributed by atoms with E-state index in [-0.39, 0.29) is 5.56 Å². The molecule has 0 aliphatic heterocycles. The third-order valence-electron chi connectivity index (χ3n) is 2.83. The number of rotatable bonds is 6. The molecule has 5 nitrogen and oxygen atoms in total. The Labute approximate surface area is 127 Å². The van der Waals surface area contributed by atoms with E-state index in [1.54, 1.807) is 0 Å². The molecule has 1 heterocycles. The van der Waals surface area contributed by atoms with Gasteiger partial charge in [0.25, 0.3) is 0 Å². The molecule has 0 atom stereocenters. The smallest absolute Gasteiger partial charge is 0.341 e. The SMILES string of the molecule is CCNc1nc(SCc2ccc(C)cc2)ncc1C(=O)O. The molecule has 0 unspecified atom stereocenters. The summed E-state index contributed by atoms with van der Waals surface area (Å²) in [5.74, 6) is 0.0885. The first-order valence-corrected chi connectivity index (χ1v) is 7.61. The van der Waals surface area contributed by atoms with Crippen LogP contribution in [0.1, 0.15) is 28.4 Å². The molecule has 1 aromatic carbocycles. The highest BCUT2D eigenvalue weighted by Crippen LogP contribution is 2.22. The molecule has 2 rings (SSSR count). The Balaban J connectivity index is 2.11. The van der Waals surface area contributed by atoms with Crippen LogP contribution < -0.4 is 5.32 Å². The number of nitrogens with one attached hydrogen (secondary N) is 1. The summed E-state index contributed by atoms with van der Waals surface area (Å²) in [7, 11) is 0. The van der Waals surface area contributed by atoms with Crippen molar-refractivity contribution in [3.05, 3.63) is 47.2 Å². The standard InChI is InChI=1S/C15H17N3O2S/c1-3-16-13-12(14(19)20)8-17-15(18-13)21-9-11-6-4-10(2)5-7-11/h4-8H,3,9H2,1-2H3,(H,19,20)(H,16,17,18). The van der Waals surface area contributed by atoms with Gasteiger partial charge in [-0.05, 0) is 19.4 Å². The maximum atomic E-state index is 11.1. The fourth-order valence-corrected chi connectivity index (χ4v) is 2.50. The second kappa shape index (κ2) is 7.08. The van der Waals surface area contributed by atoms with Crippen LogP contribution in [0.5, 0.6) is 0 Å². The Morgan fingerprint density at radius 3 is 2.67 bits per heavy atom. The molecule has 0 amide bonds. The lowest BCUT2D eigenvalue weighted by Gasteiger charge is -2.08. The van der Waals surface area contributed by atoms with Crippen molar-refractivity contribution in [1.82, 2.24) is 9.97 Å². The van der Waals surface area contributed by atoms with Crippen molar-refractivity contribution >= 4 is 23.5 Å². The fourth-order valence-electron chi connectivity index (χ4n) is 1.73. The van der Waals surface area contributed by atoms with E-state index in [1.807, 2.05) is 13.8 Å². The molecule has 0 radical (unpaired) electrons. The zero-order chi connectivity index (χ0) is 15.2. The van der Waals surface area contributed by atoms with Gasteiger partial charge < -0.3 is 10.4 Å². The van der Waals surface area contributed by atoms with Crippen LogP contribution in [0.2, 0.25) is 0 Å². The number of hydrogen-bond donors (Lipinski definition) is 2. The normalized spacial score (nSPS) is 10.4. The zero-order valence-corrected chi connectivity index (χ0v) is 12.8. The van der Waals surface area contributed by atoms with Gasteiger partial charge in [0.2, 0.25) is 0 Å². The summed E-state index contributed by atoms with van der Waals surface area (Å²) < 4.78 is 0. The van der Waals surface area contributed by atoms with E-state index < -0.39 is 5.97 Å². The highest BCUT2D eigenvalue weighted by Gasteiger charge is 2.13. The van der Waals surface area contributed by atoms with Crippen molar-refractivity contribution in [1.29, 1.82) is 0 Å². The Hall–Kier alpha value is -2.08.